The lowest BCUT2D eigenvalue weighted by Crippen LogP contribution is -2.41. The highest BCUT2D eigenvalue weighted by molar-refractivity contribution is 5.92. The lowest BCUT2D eigenvalue weighted by atomic mass is 9.88. The Labute approximate surface area is 120 Å². The van der Waals surface area contributed by atoms with Gasteiger partial charge in [0.05, 0.1) is 0 Å². The molecule has 1 saturated heterocycles. The topological polar surface area (TPSA) is 64.4 Å². The lowest BCUT2D eigenvalue weighted by Gasteiger charge is -2.27. The fourth-order valence-corrected chi connectivity index (χ4v) is 2.06. The van der Waals surface area contributed by atoms with E-state index < -0.39 is 0 Å². The maximum atomic E-state index is 12.1. The summed E-state index contributed by atoms with van der Waals surface area (Å²) in [6, 6.07) is 1.83. The van der Waals surface area contributed by atoms with Crippen molar-refractivity contribution in [2.24, 2.45) is 5.41 Å². The monoisotopic (exact) mass is 280 g/mol. The number of carbonyl (C=O) groups excluding carboxylic acids is 1. The Bertz CT molecular complexity index is 456. The van der Waals surface area contributed by atoms with Gasteiger partial charge in [-0.25, -0.2) is 0 Å². The first-order chi connectivity index (χ1) is 9.38. The van der Waals surface area contributed by atoms with E-state index in [-0.39, 0.29) is 17.4 Å². The van der Waals surface area contributed by atoms with Crippen molar-refractivity contribution in [2.75, 3.05) is 13.2 Å². The van der Waals surface area contributed by atoms with Gasteiger partial charge < -0.3 is 14.6 Å². The summed E-state index contributed by atoms with van der Waals surface area (Å²) in [5.41, 5.74) is 0.380. The third-order valence-corrected chi connectivity index (χ3v) is 4.03. The fourth-order valence-electron chi connectivity index (χ4n) is 2.06. The Balaban J connectivity index is 1.99. The minimum absolute atomic E-state index is 0.0168. The van der Waals surface area contributed by atoms with Crippen molar-refractivity contribution in [2.45, 2.75) is 52.5 Å². The number of hydrogen-bond donors (Lipinski definition) is 1. The number of aromatic nitrogens is 1. The molecule has 2 heterocycles. The number of nitrogens with zero attached hydrogens (tertiary/aromatic N) is 1. The maximum Gasteiger partial charge on any atom is 0.273 e. The van der Waals surface area contributed by atoms with Crippen LogP contribution < -0.4 is 5.32 Å². The summed E-state index contributed by atoms with van der Waals surface area (Å²) in [4.78, 5) is 12.1. The molecular formula is C15H24N2O3. The first kappa shape index (κ1) is 15.0. The van der Waals surface area contributed by atoms with Gasteiger partial charge >= 0.3 is 0 Å². The Morgan fingerprint density at radius 2 is 2.05 bits per heavy atom. The molecule has 1 aromatic rings. The molecule has 112 valence electrons. The van der Waals surface area contributed by atoms with E-state index in [2.05, 4.69) is 31.2 Å². The number of carbonyl (C=O) groups is 1. The van der Waals surface area contributed by atoms with Gasteiger partial charge in [0, 0.05) is 31.2 Å². The molecule has 0 radical (unpaired) electrons. The van der Waals surface area contributed by atoms with Crippen LogP contribution in [0.3, 0.4) is 0 Å². The van der Waals surface area contributed by atoms with Crippen molar-refractivity contribution in [3.8, 4) is 0 Å². The lowest BCUT2D eigenvalue weighted by molar-refractivity contribution is 0.0789. The van der Waals surface area contributed by atoms with E-state index in [1.165, 1.54) is 0 Å². The molecule has 20 heavy (non-hydrogen) atoms. The zero-order chi connectivity index (χ0) is 14.8. The molecule has 0 unspecified atom stereocenters. The Morgan fingerprint density at radius 1 is 1.40 bits per heavy atom. The molecule has 0 aromatic carbocycles. The minimum Gasteiger partial charge on any atom is -0.381 e. The Hall–Kier alpha value is -1.36. The van der Waals surface area contributed by atoms with E-state index >= 15 is 0 Å². The van der Waals surface area contributed by atoms with Crippen LogP contribution in [0, 0.1) is 5.41 Å². The van der Waals surface area contributed by atoms with E-state index in [1.807, 2.05) is 6.92 Å². The summed E-state index contributed by atoms with van der Waals surface area (Å²) >= 11 is 0. The smallest absolute Gasteiger partial charge is 0.273 e. The molecule has 1 fully saturated rings. The zero-order valence-corrected chi connectivity index (χ0v) is 12.7. The molecular weight excluding hydrogens is 256 g/mol. The van der Waals surface area contributed by atoms with Crippen molar-refractivity contribution >= 4 is 5.91 Å². The predicted octanol–water partition coefficient (Wildman–Crippen LogP) is 2.73. The van der Waals surface area contributed by atoms with Crippen LogP contribution in [0.15, 0.2) is 10.6 Å². The van der Waals surface area contributed by atoms with Crippen molar-refractivity contribution < 1.29 is 14.1 Å². The zero-order valence-electron chi connectivity index (χ0n) is 12.7. The van der Waals surface area contributed by atoms with E-state index in [0.29, 0.717) is 11.6 Å². The van der Waals surface area contributed by atoms with Gasteiger partial charge in [-0.2, -0.15) is 0 Å². The van der Waals surface area contributed by atoms with E-state index in [9.17, 15) is 4.79 Å². The summed E-state index contributed by atoms with van der Waals surface area (Å²) < 4.78 is 10.7. The molecule has 1 aliphatic heterocycles. The molecule has 1 amide bonds. The average Bonchev–Trinajstić information content (AvgIpc) is 2.88. The number of ether oxygens (including phenoxy) is 1. The molecule has 0 saturated carbocycles. The molecule has 1 aromatic heterocycles. The first-order valence-corrected chi connectivity index (χ1v) is 7.23. The van der Waals surface area contributed by atoms with Crippen LogP contribution in [0.2, 0.25) is 0 Å². The molecule has 0 spiro atoms. The second-order valence-corrected chi connectivity index (χ2v) is 6.56. The summed E-state index contributed by atoms with van der Waals surface area (Å²) in [6.07, 6.45) is 1.85. The van der Waals surface area contributed by atoms with Crippen LogP contribution in [0.1, 0.15) is 62.7 Å². The van der Waals surface area contributed by atoms with Crippen LogP contribution in [0.25, 0.3) is 0 Å². The second kappa shape index (κ2) is 5.95. The highest BCUT2D eigenvalue weighted by Gasteiger charge is 2.25. The number of hydrogen-bond acceptors (Lipinski definition) is 4. The molecule has 1 N–H and O–H groups in total. The van der Waals surface area contributed by atoms with Crippen LogP contribution in [0.5, 0.6) is 0 Å². The number of nitrogens with one attached hydrogen (secondary N) is 1. The van der Waals surface area contributed by atoms with Crippen molar-refractivity contribution in [3.05, 3.63) is 17.5 Å². The Morgan fingerprint density at radius 3 is 2.65 bits per heavy atom. The highest BCUT2D eigenvalue weighted by Crippen LogP contribution is 2.27. The summed E-state index contributed by atoms with van der Waals surface area (Å²) in [5.74, 6) is 0.939. The molecule has 5 heteroatoms. The van der Waals surface area contributed by atoms with E-state index in [4.69, 9.17) is 9.26 Å². The average molecular weight is 280 g/mol. The van der Waals surface area contributed by atoms with Crippen molar-refractivity contribution in [1.82, 2.24) is 10.5 Å². The summed E-state index contributed by atoms with van der Waals surface area (Å²) in [6.45, 7) is 9.76. The van der Waals surface area contributed by atoms with Gasteiger partial charge in [-0.15, -0.1) is 0 Å². The van der Waals surface area contributed by atoms with Crippen LogP contribution >= 0.6 is 0 Å². The first-order valence-electron chi connectivity index (χ1n) is 7.23. The largest absolute Gasteiger partial charge is 0.381 e. The molecule has 1 aliphatic rings. The van der Waals surface area contributed by atoms with Crippen LogP contribution in [-0.4, -0.2) is 30.3 Å². The summed E-state index contributed by atoms with van der Waals surface area (Å²) in [7, 11) is 0. The normalized spacial score (nSPS) is 18.8. The van der Waals surface area contributed by atoms with Gasteiger partial charge in [-0.05, 0) is 25.2 Å². The van der Waals surface area contributed by atoms with Crippen LogP contribution in [0.4, 0.5) is 0 Å². The van der Waals surface area contributed by atoms with Gasteiger partial charge in [0.25, 0.3) is 5.91 Å². The summed E-state index contributed by atoms with van der Waals surface area (Å²) in [5, 5.41) is 6.86. The quantitative estimate of drug-likeness (QED) is 0.924. The number of rotatable bonds is 3. The van der Waals surface area contributed by atoms with Gasteiger partial charge in [0.1, 0.15) is 5.76 Å². The van der Waals surface area contributed by atoms with Gasteiger partial charge in [0.2, 0.25) is 0 Å². The fraction of sp³-hybridized carbons (Fsp3) is 0.733. The molecule has 0 aliphatic carbocycles. The third-order valence-electron chi connectivity index (χ3n) is 4.03. The molecule has 1 atom stereocenters. The molecule has 0 bridgehead atoms. The number of amides is 1. The van der Waals surface area contributed by atoms with Crippen molar-refractivity contribution in [3.63, 3.8) is 0 Å². The molecule has 5 nitrogen and oxygen atoms in total. The van der Waals surface area contributed by atoms with Gasteiger partial charge in [-0.1, -0.05) is 25.9 Å². The van der Waals surface area contributed by atoms with Crippen molar-refractivity contribution in [1.29, 1.82) is 0 Å². The highest BCUT2D eigenvalue weighted by atomic mass is 16.5. The van der Waals surface area contributed by atoms with E-state index in [0.717, 1.165) is 31.8 Å². The standard InChI is InChI=1S/C15H24N2O3/c1-10(15(2,3)4)16-14(18)12-9-13(20-17-12)11-5-7-19-8-6-11/h9-11H,5-8H2,1-4H3,(H,16,18)/t10-/m0/s1. The van der Waals surface area contributed by atoms with Crippen LogP contribution in [-0.2, 0) is 4.74 Å². The molecule has 2 rings (SSSR count). The second-order valence-electron chi connectivity index (χ2n) is 6.56. The third kappa shape index (κ3) is 3.60. The minimum atomic E-state index is -0.172. The van der Waals surface area contributed by atoms with Gasteiger partial charge in [0.15, 0.2) is 5.69 Å². The van der Waals surface area contributed by atoms with E-state index in [1.54, 1.807) is 6.07 Å². The predicted molar refractivity (Wildman–Crippen MR) is 75.7 cm³/mol. The SMILES string of the molecule is C[C@H](NC(=O)c1cc(C2CCOCC2)on1)C(C)(C)C. The Kier molecular flexibility index (Phi) is 4.48. The maximum absolute atomic E-state index is 12.1. The van der Waals surface area contributed by atoms with Gasteiger partial charge in [-0.3, -0.25) is 4.79 Å².